The van der Waals surface area contributed by atoms with Crippen LogP contribution in [-0.4, -0.2) is 38.6 Å². The maximum atomic E-state index is 11.3. The van der Waals surface area contributed by atoms with Crippen molar-refractivity contribution in [2.45, 2.75) is 84.5 Å². The van der Waals surface area contributed by atoms with Gasteiger partial charge in [-0.05, 0) is 34.0 Å². The van der Waals surface area contributed by atoms with E-state index in [4.69, 9.17) is 4.74 Å². The summed E-state index contributed by atoms with van der Waals surface area (Å²) in [4.78, 5) is 13.3. The first-order chi connectivity index (χ1) is 11.0. The Balaban J connectivity index is -0.000000787. The molecule has 0 radical (unpaired) electrons. The third-order valence-electron chi connectivity index (χ3n) is 3.45. The van der Waals surface area contributed by atoms with Crippen molar-refractivity contribution in [2.75, 3.05) is 27.7 Å². The molecule has 4 heteroatoms. The number of ether oxygens (including phenoxy) is 1. The third kappa shape index (κ3) is 26.0. The van der Waals surface area contributed by atoms with Gasteiger partial charge in [0.05, 0.1) is 6.61 Å². The molecule has 0 saturated heterocycles. The van der Waals surface area contributed by atoms with Gasteiger partial charge in [0.15, 0.2) is 0 Å². The van der Waals surface area contributed by atoms with Gasteiger partial charge in [-0.3, -0.25) is 0 Å². The predicted molar refractivity (Wildman–Crippen MR) is 107 cm³/mol. The molecule has 0 aromatic carbocycles. The fourth-order valence-corrected chi connectivity index (χ4v) is 2.00. The van der Waals surface area contributed by atoms with Crippen LogP contribution in [0.4, 0.5) is 0 Å². The first-order valence-electron chi connectivity index (χ1n) is 9.41. The average molecular weight is 345 g/mol. The highest BCUT2D eigenvalue weighted by Crippen LogP contribution is 2.10. The lowest BCUT2D eigenvalue weighted by molar-refractivity contribution is -0.139. The summed E-state index contributed by atoms with van der Waals surface area (Å²) < 4.78 is 5.13. The van der Waals surface area contributed by atoms with Crippen molar-refractivity contribution in [1.29, 1.82) is 0 Å². The smallest absolute Gasteiger partial charge is 0.333 e. The van der Waals surface area contributed by atoms with Gasteiger partial charge in [-0.15, -0.1) is 0 Å². The predicted octanol–water partition coefficient (Wildman–Crippen LogP) is 5.76. The molecule has 0 fully saturated rings. The lowest BCUT2D eigenvalue weighted by Crippen LogP contribution is -2.07. The lowest BCUT2D eigenvalue weighted by atomic mass is 10.1. The molecule has 3 N–H and O–H groups in total. The number of hydrogen-bond acceptors (Lipinski definition) is 4. The Morgan fingerprint density at radius 2 is 1.21 bits per heavy atom. The molecule has 146 valence electrons. The zero-order valence-electron chi connectivity index (χ0n) is 17.2. The van der Waals surface area contributed by atoms with E-state index >= 15 is 0 Å². The first kappa shape index (κ1) is 28.0. The molecule has 0 heterocycles. The molecule has 0 aliphatic rings. The molecule has 0 aliphatic heterocycles. The minimum absolute atomic E-state index is 0. The van der Waals surface area contributed by atoms with Gasteiger partial charge in [0.1, 0.15) is 0 Å². The minimum Gasteiger partial charge on any atom is -0.462 e. The Morgan fingerprint density at radius 3 is 1.58 bits per heavy atom. The van der Waals surface area contributed by atoms with Gasteiger partial charge in [-0.25, -0.2) is 4.79 Å². The van der Waals surface area contributed by atoms with Crippen LogP contribution in [0.25, 0.3) is 0 Å². The second kappa shape index (κ2) is 22.1. The molecule has 0 saturated carbocycles. The van der Waals surface area contributed by atoms with E-state index in [9.17, 15) is 4.79 Å². The second-order valence-electron chi connectivity index (χ2n) is 6.62. The van der Waals surface area contributed by atoms with E-state index in [1.807, 2.05) is 33.0 Å². The van der Waals surface area contributed by atoms with E-state index in [-0.39, 0.29) is 12.1 Å². The van der Waals surface area contributed by atoms with E-state index in [1.165, 1.54) is 57.8 Å². The number of nitrogens with zero attached hydrogens (tertiary/aromatic N) is 1. The normalized spacial score (nSPS) is 9.75. The van der Waals surface area contributed by atoms with Gasteiger partial charge in [0, 0.05) is 5.57 Å². The van der Waals surface area contributed by atoms with Crippen LogP contribution in [0, 0.1) is 0 Å². The molecule has 24 heavy (non-hydrogen) atoms. The maximum absolute atomic E-state index is 11.3. The Bertz CT molecular complexity index is 276. The van der Waals surface area contributed by atoms with Crippen molar-refractivity contribution in [3.8, 4) is 0 Å². The number of carbonyl (C=O) groups excluding carboxylic acids is 1. The van der Waals surface area contributed by atoms with E-state index in [0.29, 0.717) is 18.6 Å². The molecule has 0 aliphatic carbocycles. The van der Waals surface area contributed by atoms with Crippen molar-refractivity contribution in [2.24, 2.45) is 0 Å². The Morgan fingerprint density at radius 1 is 0.833 bits per heavy atom. The summed E-state index contributed by atoms with van der Waals surface area (Å²) in [6, 6.07) is 0. The monoisotopic (exact) mass is 344 g/mol. The number of esters is 1. The van der Waals surface area contributed by atoms with Crippen LogP contribution in [0.15, 0.2) is 12.2 Å². The molecule has 0 amide bonds. The van der Waals surface area contributed by atoms with Gasteiger partial charge >= 0.3 is 5.97 Å². The fourth-order valence-electron chi connectivity index (χ4n) is 2.00. The topological polar surface area (TPSA) is 64.5 Å². The Kier molecular flexibility index (Phi) is 25.8. The van der Waals surface area contributed by atoms with Crippen LogP contribution < -0.4 is 6.15 Å². The number of carbonyl (C=O) groups is 1. The van der Waals surface area contributed by atoms with Crippen LogP contribution in [-0.2, 0) is 9.53 Å². The van der Waals surface area contributed by atoms with Crippen LogP contribution in [0.5, 0.6) is 0 Å². The van der Waals surface area contributed by atoms with Crippen LogP contribution >= 0.6 is 0 Å². The molecule has 0 aromatic rings. The average Bonchev–Trinajstić information content (AvgIpc) is 2.51. The number of unbranched alkanes of at least 4 members (excludes halogenated alkanes) is 9. The largest absolute Gasteiger partial charge is 0.462 e. The zero-order chi connectivity index (χ0) is 17.9. The Hall–Kier alpha value is -0.870. The van der Waals surface area contributed by atoms with E-state index in [0.717, 1.165) is 6.42 Å². The summed E-state index contributed by atoms with van der Waals surface area (Å²) in [6.45, 7) is 8.39. The quantitative estimate of drug-likeness (QED) is 0.262. The van der Waals surface area contributed by atoms with Gasteiger partial charge in [0.25, 0.3) is 0 Å². The number of hydrogen-bond donors (Lipinski definition) is 1. The van der Waals surface area contributed by atoms with E-state index in [1.54, 1.807) is 0 Å². The van der Waals surface area contributed by atoms with Crippen molar-refractivity contribution in [3.05, 3.63) is 12.2 Å². The number of rotatable bonds is 13. The SMILES string of the molecule is C=C(CC)C(=O)OCCCCCCCCCCCC.CN(C)C.N. The highest BCUT2D eigenvalue weighted by Gasteiger charge is 2.04. The Labute approximate surface area is 151 Å². The first-order valence-corrected chi connectivity index (χ1v) is 9.41. The zero-order valence-corrected chi connectivity index (χ0v) is 17.2. The highest BCUT2D eigenvalue weighted by molar-refractivity contribution is 5.87. The fraction of sp³-hybridized carbons (Fsp3) is 0.850. The summed E-state index contributed by atoms with van der Waals surface area (Å²) in [6.07, 6.45) is 13.6. The summed E-state index contributed by atoms with van der Waals surface area (Å²) >= 11 is 0. The minimum atomic E-state index is -0.224. The van der Waals surface area contributed by atoms with Crippen LogP contribution in [0.3, 0.4) is 0 Å². The lowest BCUT2D eigenvalue weighted by Gasteiger charge is -2.05. The maximum Gasteiger partial charge on any atom is 0.333 e. The summed E-state index contributed by atoms with van der Waals surface area (Å²) in [5.41, 5.74) is 0.576. The van der Waals surface area contributed by atoms with Crippen LogP contribution in [0.1, 0.15) is 84.5 Å². The van der Waals surface area contributed by atoms with Crippen molar-refractivity contribution >= 4 is 5.97 Å². The molecule has 0 spiro atoms. The molecular formula is C20H44N2O2. The van der Waals surface area contributed by atoms with Gasteiger partial charge in [-0.2, -0.15) is 0 Å². The molecule has 0 aromatic heterocycles. The third-order valence-corrected chi connectivity index (χ3v) is 3.45. The van der Waals surface area contributed by atoms with Crippen LogP contribution in [0.2, 0.25) is 0 Å². The highest BCUT2D eigenvalue weighted by atomic mass is 16.5. The molecule has 0 rings (SSSR count). The van der Waals surface area contributed by atoms with Crippen molar-refractivity contribution in [3.63, 3.8) is 0 Å². The van der Waals surface area contributed by atoms with Gasteiger partial charge in [-0.1, -0.05) is 78.2 Å². The molecule has 4 nitrogen and oxygen atoms in total. The van der Waals surface area contributed by atoms with E-state index < -0.39 is 0 Å². The van der Waals surface area contributed by atoms with Gasteiger partial charge in [0.2, 0.25) is 0 Å². The van der Waals surface area contributed by atoms with Crippen molar-refractivity contribution in [1.82, 2.24) is 11.1 Å². The standard InChI is InChI=1S/C17H32O2.C3H9N.H3N/c1-4-6-7-8-9-10-11-12-13-14-15-19-17(18)16(3)5-2;1-4(2)3;/h3-15H2,1-2H3;1-3H3;1H3. The molecule has 0 bridgehead atoms. The molecular weight excluding hydrogens is 300 g/mol. The molecule has 0 atom stereocenters. The second-order valence-corrected chi connectivity index (χ2v) is 6.62. The summed E-state index contributed by atoms with van der Waals surface area (Å²) in [7, 11) is 6.00. The van der Waals surface area contributed by atoms with Crippen molar-refractivity contribution < 1.29 is 9.53 Å². The van der Waals surface area contributed by atoms with E-state index in [2.05, 4.69) is 13.5 Å². The summed E-state index contributed by atoms with van der Waals surface area (Å²) in [5, 5.41) is 0. The molecule has 0 unspecified atom stereocenters. The van der Waals surface area contributed by atoms with Gasteiger partial charge < -0.3 is 15.8 Å². The summed E-state index contributed by atoms with van der Waals surface area (Å²) in [5.74, 6) is -0.224.